The summed E-state index contributed by atoms with van der Waals surface area (Å²) >= 11 is 0. The number of allylic oxidation sites excluding steroid dienone is 1. The Morgan fingerprint density at radius 1 is 1.22 bits per heavy atom. The lowest BCUT2D eigenvalue weighted by Gasteiger charge is -2.21. The van der Waals surface area contributed by atoms with Gasteiger partial charge in [-0.1, -0.05) is 32.6 Å². The van der Waals surface area contributed by atoms with Gasteiger partial charge in [0.2, 0.25) is 0 Å². The van der Waals surface area contributed by atoms with Crippen molar-refractivity contribution in [2.45, 2.75) is 34.6 Å². The van der Waals surface area contributed by atoms with E-state index in [1.807, 2.05) is 58.0 Å². The van der Waals surface area contributed by atoms with Gasteiger partial charge in [-0.2, -0.15) is 5.48 Å². The minimum Gasteiger partial charge on any atom is -0.497 e. The number of anilines is 1. The molecule has 0 aliphatic heterocycles. The van der Waals surface area contributed by atoms with E-state index < -0.39 is 0 Å². The van der Waals surface area contributed by atoms with Crippen LogP contribution >= 0.6 is 0 Å². The smallest absolute Gasteiger partial charge is 0.119 e. The average molecular weight is 445 g/mol. The van der Waals surface area contributed by atoms with E-state index in [1.165, 1.54) is 0 Å². The number of nitrogens with one attached hydrogen (secondary N) is 1. The third kappa shape index (κ3) is 10.1. The Morgan fingerprint density at radius 3 is 2.41 bits per heavy atom. The van der Waals surface area contributed by atoms with E-state index in [0.29, 0.717) is 13.3 Å². The number of nitrogens with zero attached hydrogens (tertiary/aromatic N) is 2. The van der Waals surface area contributed by atoms with E-state index in [4.69, 9.17) is 20.6 Å². The molecule has 0 heterocycles. The van der Waals surface area contributed by atoms with Crippen molar-refractivity contribution in [2.24, 2.45) is 10.7 Å². The first-order chi connectivity index (χ1) is 15.5. The molecule has 0 amide bonds. The molecule has 0 fully saturated rings. The lowest BCUT2D eigenvalue weighted by Crippen LogP contribution is -2.29. The second-order valence-electron chi connectivity index (χ2n) is 6.18. The van der Waals surface area contributed by atoms with Crippen LogP contribution in [-0.2, 0) is 4.84 Å². The zero-order valence-electron chi connectivity index (χ0n) is 20.4. The Kier molecular flexibility index (Phi) is 16.4. The quantitative estimate of drug-likeness (QED) is 0.215. The molecule has 0 spiro atoms. The van der Waals surface area contributed by atoms with Crippen molar-refractivity contribution in [3.8, 4) is 5.75 Å². The fourth-order valence-electron chi connectivity index (χ4n) is 2.66. The maximum absolute atomic E-state index is 7.96. The molecule has 7 nitrogen and oxygen atoms in total. The monoisotopic (exact) mass is 444 g/mol. The highest BCUT2D eigenvalue weighted by Gasteiger charge is 2.07. The number of hydrogen-bond donors (Lipinski definition) is 3. The van der Waals surface area contributed by atoms with Crippen molar-refractivity contribution in [2.75, 3.05) is 38.6 Å². The number of aliphatic imine (C=N–C) groups is 1. The van der Waals surface area contributed by atoms with Crippen molar-refractivity contribution in [3.63, 3.8) is 0 Å². The number of hydroxylamine groups is 1. The maximum Gasteiger partial charge on any atom is 0.119 e. The summed E-state index contributed by atoms with van der Waals surface area (Å²) in [5.41, 5.74) is 13.0. The van der Waals surface area contributed by atoms with E-state index in [2.05, 4.69) is 40.9 Å². The molecule has 0 saturated carbocycles. The minimum absolute atomic E-state index is 0.117. The first-order valence-electron chi connectivity index (χ1n) is 10.9. The van der Waals surface area contributed by atoms with Gasteiger partial charge in [0, 0.05) is 17.8 Å². The molecule has 7 heteroatoms. The van der Waals surface area contributed by atoms with Gasteiger partial charge in [-0.3, -0.25) is 4.84 Å². The number of ether oxygens (including phenoxy) is 1. The molecule has 2 rings (SSSR count). The van der Waals surface area contributed by atoms with Crippen LogP contribution in [0.4, 0.5) is 11.4 Å². The standard InChI is InChI=1S/C20H25N3O.C3H9NO2.C2H6/c1-5-19(22-20-11-10-18(24-4)12-15(20)3)16-8-7-9-17(13-16)23(6-2)14-21;1-2-6-4-3-5;1-2/h5,7-13H,1,6,14,21H2,2-4H3;4-5H,2-3H2,1H3;1-2H3. The number of aliphatic hydroxyl groups is 1. The second-order valence-corrected chi connectivity index (χ2v) is 6.18. The first kappa shape index (κ1) is 29.3. The molecule has 32 heavy (non-hydrogen) atoms. The van der Waals surface area contributed by atoms with Crippen molar-refractivity contribution in [3.05, 3.63) is 66.2 Å². The van der Waals surface area contributed by atoms with Crippen LogP contribution in [0.15, 0.2) is 60.1 Å². The van der Waals surface area contributed by atoms with Gasteiger partial charge in [0.25, 0.3) is 0 Å². The van der Waals surface area contributed by atoms with Gasteiger partial charge in [0.1, 0.15) is 12.5 Å². The van der Waals surface area contributed by atoms with E-state index in [0.717, 1.165) is 40.5 Å². The predicted octanol–water partition coefficient (Wildman–Crippen LogP) is 4.56. The highest BCUT2D eigenvalue weighted by molar-refractivity contribution is 6.10. The minimum atomic E-state index is -0.117. The van der Waals surface area contributed by atoms with Crippen molar-refractivity contribution < 1.29 is 14.7 Å². The molecular formula is C25H40N4O3. The molecular weight excluding hydrogens is 404 g/mol. The van der Waals surface area contributed by atoms with Crippen LogP contribution in [0.2, 0.25) is 0 Å². The number of aliphatic hydroxyl groups excluding tert-OH is 1. The first-order valence-corrected chi connectivity index (χ1v) is 10.9. The highest BCUT2D eigenvalue weighted by Crippen LogP contribution is 2.25. The summed E-state index contributed by atoms with van der Waals surface area (Å²) in [7, 11) is 1.66. The zero-order valence-corrected chi connectivity index (χ0v) is 20.4. The van der Waals surface area contributed by atoms with Gasteiger partial charge in [0.15, 0.2) is 0 Å². The summed E-state index contributed by atoms with van der Waals surface area (Å²) in [5, 5.41) is 7.96. The topological polar surface area (TPSA) is 92.3 Å². The van der Waals surface area contributed by atoms with Gasteiger partial charge in [-0.25, -0.2) is 4.99 Å². The number of methoxy groups -OCH3 is 1. The highest BCUT2D eigenvalue weighted by atomic mass is 16.7. The number of nitrogens with two attached hydrogens (primary N) is 1. The fraction of sp³-hybridized carbons (Fsp3) is 0.400. The van der Waals surface area contributed by atoms with Gasteiger partial charge in [-0.05, 0) is 62.7 Å². The van der Waals surface area contributed by atoms with E-state index in [-0.39, 0.29) is 6.73 Å². The Hall–Kier alpha value is -2.71. The van der Waals surface area contributed by atoms with Crippen LogP contribution in [-0.4, -0.2) is 44.5 Å². The van der Waals surface area contributed by atoms with Crippen LogP contribution in [0, 0.1) is 6.92 Å². The van der Waals surface area contributed by atoms with Crippen molar-refractivity contribution in [1.82, 2.24) is 5.48 Å². The molecule has 2 aromatic rings. The molecule has 0 aliphatic carbocycles. The average Bonchev–Trinajstić information content (AvgIpc) is 2.84. The van der Waals surface area contributed by atoms with Crippen LogP contribution in [0.3, 0.4) is 0 Å². The summed E-state index contributed by atoms with van der Waals surface area (Å²) in [6.07, 6.45) is 1.78. The third-order valence-electron chi connectivity index (χ3n) is 4.26. The number of benzene rings is 2. The molecule has 0 radical (unpaired) electrons. The normalized spacial score (nSPS) is 10.3. The van der Waals surface area contributed by atoms with Gasteiger partial charge in [-0.15, -0.1) is 0 Å². The molecule has 0 aromatic heterocycles. The maximum atomic E-state index is 7.96. The lowest BCUT2D eigenvalue weighted by atomic mass is 10.1. The summed E-state index contributed by atoms with van der Waals surface area (Å²) in [6.45, 7) is 15.7. The van der Waals surface area contributed by atoms with E-state index >= 15 is 0 Å². The molecule has 4 N–H and O–H groups in total. The van der Waals surface area contributed by atoms with Crippen LogP contribution in [0.5, 0.6) is 5.75 Å². The Balaban J connectivity index is 0.00000104. The van der Waals surface area contributed by atoms with Gasteiger partial charge < -0.3 is 20.5 Å². The Morgan fingerprint density at radius 2 is 1.94 bits per heavy atom. The van der Waals surface area contributed by atoms with Crippen LogP contribution < -0.4 is 20.9 Å². The molecule has 178 valence electrons. The lowest BCUT2D eigenvalue weighted by molar-refractivity contribution is 0.00231. The number of rotatable bonds is 10. The summed E-state index contributed by atoms with van der Waals surface area (Å²) in [6, 6.07) is 14.0. The van der Waals surface area contributed by atoms with E-state index in [9.17, 15) is 0 Å². The third-order valence-corrected chi connectivity index (χ3v) is 4.26. The molecule has 0 bridgehead atoms. The Labute approximate surface area is 193 Å². The van der Waals surface area contributed by atoms with Crippen molar-refractivity contribution >= 4 is 17.1 Å². The molecule has 0 aliphatic rings. The zero-order chi connectivity index (χ0) is 24.4. The molecule has 0 unspecified atom stereocenters. The van der Waals surface area contributed by atoms with Gasteiger partial charge >= 0.3 is 0 Å². The molecule has 0 atom stereocenters. The summed E-state index contributed by atoms with van der Waals surface area (Å²) < 4.78 is 5.25. The van der Waals surface area contributed by atoms with Crippen LogP contribution in [0.1, 0.15) is 38.8 Å². The number of hydrogen-bond acceptors (Lipinski definition) is 7. The molecule has 2 aromatic carbocycles. The largest absolute Gasteiger partial charge is 0.497 e. The van der Waals surface area contributed by atoms with Crippen LogP contribution in [0.25, 0.3) is 0 Å². The SMILES string of the molecule is C=CC(=Nc1ccc(OC)cc1C)c1cccc(N(CC)CN)c1.CC.CCONCO. The molecule has 0 saturated heterocycles. The van der Waals surface area contributed by atoms with E-state index in [1.54, 1.807) is 13.2 Å². The summed E-state index contributed by atoms with van der Waals surface area (Å²) in [5.74, 6) is 0.829. The number of aryl methyl sites for hydroxylation is 1. The Bertz CT molecular complexity index is 802. The predicted molar refractivity (Wildman–Crippen MR) is 136 cm³/mol. The second kappa shape index (κ2) is 17.9. The summed E-state index contributed by atoms with van der Waals surface area (Å²) in [4.78, 5) is 11.4. The van der Waals surface area contributed by atoms with Crippen molar-refractivity contribution in [1.29, 1.82) is 0 Å². The fourth-order valence-corrected chi connectivity index (χ4v) is 2.66. The van der Waals surface area contributed by atoms with Gasteiger partial charge in [0.05, 0.1) is 31.8 Å².